The molecule has 5 heteroatoms. The van der Waals surface area contributed by atoms with E-state index in [1.54, 1.807) is 12.1 Å². The Hall–Kier alpha value is -1.88. The number of hydrogen-bond donors (Lipinski definition) is 1. The summed E-state index contributed by atoms with van der Waals surface area (Å²) in [4.78, 5) is 10.3. The van der Waals surface area contributed by atoms with E-state index in [0.717, 1.165) is 17.7 Å². The highest BCUT2D eigenvalue weighted by atomic mass is 16.6. The van der Waals surface area contributed by atoms with Gasteiger partial charge in [0.2, 0.25) is 0 Å². The molecule has 1 aromatic carbocycles. The molecule has 1 N–H and O–H groups in total. The Morgan fingerprint density at radius 2 is 2.22 bits per heavy atom. The molecule has 0 spiro atoms. The Balaban J connectivity index is 2.42. The number of benzene rings is 1. The van der Waals surface area contributed by atoms with Crippen LogP contribution in [0.5, 0.6) is 0 Å². The van der Waals surface area contributed by atoms with Gasteiger partial charge in [-0.2, -0.15) is 0 Å². The Labute approximate surface area is 107 Å². The second-order valence-electron chi connectivity index (χ2n) is 3.93. The molecule has 1 rings (SSSR count). The van der Waals surface area contributed by atoms with Crippen molar-refractivity contribution in [2.45, 2.75) is 13.3 Å². The lowest BCUT2D eigenvalue weighted by Crippen LogP contribution is -2.10. The van der Waals surface area contributed by atoms with Gasteiger partial charge in [-0.15, -0.1) is 6.58 Å². The van der Waals surface area contributed by atoms with Crippen LogP contribution < -0.4 is 5.32 Å². The minimum absolute atomic E-state index is 0.102. The lowest BCUT2D eigenvalue weighted by Gasteiger charge is -2.07. The van der Waals surface area contributed by atoms with E-state index >= 15 is 0 Å². The van der Waals surface area contributed by atoms with Crippen molar-refractivity contribution in [3.05, 3.63) is 46.5 Å². The van der Waals surface area contributed by atoms with Crippen molar-refractivity contribution in [3.63, 3.8) is 0 Å². The van der Waals surface area contributed by atoms with Gasteiger partial charge in [-0.3, -0.25) is 10.1 Å². The van der Waals surface area contributed by atoms with Crippen LogP contribution in [0.2, 0.25) is 0 Å². The quantitative estimate of drug-likeness (QED) is 0.333. The van der Waals surface area contributed by atoms with Gasteiger partial charge in [0, 0.05) is 24.4 Å². The van der Waals surface area contributed by atoms with Crippen molar-refractivity contribution < 1.29 is 9.66 Å². The average molecular weight is 250 g/mol. The number of aryl methyl sites for hydroxylation is 1. The third-order valence-corrected chi connectivity index (χ3v) is 2.31. The fraction of sp³-hybridized carbons (Fsp3) is 0.385. The maximum atomic E-state index is 10.7. The number of hydrogen-bond acceptors (Lipinski definition) is 4. The van der Waals surface area contributed by atoms with Gasteiger partial charge in [-0.05, 0) is 25.0 Å². The second-order valence-corrected chi connectivity index (χ2v) is 3.93. The number of nitrogens with zero attached hydrogens (tertiary/aromatic N) is 1. The van der Waals surface area contributed by atoms with Gasteiger partial charge in [0.1, 0.15) is 0 Å². The zero-order valence-electron chi connectivity index (χ0n) is 10.5. The van der Waals surface area contributed by atoms with Crippen LogP contribution in [0.25, 0.3) is 0 Å². The summed E-state index contributed by atoms with van der Waals surface area (Å²) in [6.07, 6.45) is 2.63. The average Bonchev–Trinajstić information content (AvgIpc) is 2.33. The maximum Gasteiger partial charge on any atom is 0.271 e. The summed E-state index contributed by atoms with van der Waals surface area (Å²) >= 11 is 0. The largest absolute Gasteiger partial charge is 0.383 e. The van der Waals surface area contributed by atoms with E-state index in [9.17, 15) is 10.1 Å². The molecular weight excluding hydrogens is 232 g/mol. The van der Waals surface area contributed by atoms with E-state index in [1.165, 1.54) is 6.07 Å². The summed E-state index contributed by atoms with van der Waals surface area (Å²) in [7, 11) is 0. The monoisotopic (exact) mass is 250 g/mol. The van der Waals surface area contributed by atoms with Crippen LogP contribution >= 0.6 is 0 Å². The molecule has 0 bridgehead atoms. The molecule has 5 nitrogen and oxygen atoms in total. The van der Waals surface area contributed by atoms with E-state index < -0.39 is 4.92 Å². The summed E-state index contributed by atoms with van der Waals surface area (Å²) in [5, 5.41) is 13.8. The van der Waals surface area contributed by atoms with Crippen molar-refractivity contribution in [1.82, 2.24) is 0 Å². The van der Waals surface area contributed by atoms with E-state index in [0.29, 0.717) is 19.8 Å². The Kier molecular flexibility index (Phi) is 5.87. The molecule has 0 aromatic heterocycles. The number of nitro benzene ring substituents is 1. The van der Waals surface area contributed by atoms with Crippen LogP contribution in [0.4, 0.5) is 11.4 Å². The molecule has 0 fully saturated rings. The summed E-state index contributed by atoms with van der Waals surface area (Å²) in [5.74, 6) is 0. The van der Waals surface area contributed by atoms with Crippen LogP contribution in [0, 0.1) is 17.0 Å². The summed E-state index contributed by atoms with van der Waals surface area (Å²) in [5.41, 5.74) is 1.71. The molecule has 0 unspecified atom stereocenters. The molecule has 0 heterocycles. The Morgan fingerprint density at radius 1 is 1.44 bits per heavy atom. The zero-order chi connectivity index (χ0) is 13.4. The molecule has 98 valence electrons. The lowest BCUT2D eigenvalue weighted by atomic mass is 10.2. The van der Waals surface area contributed by atoms with Crippen LogP contribution in [-0.2, 0) is 4.74 Å². The first-order valence-corrected chi connectivity index (χ1v) is 5.82. The number of anilines is 1. The Morgan fingerprint density at radius 3 is 2.89 bits per heavy atom. The summed E-state index contributed by atoms with van der Waals surface area (Å²) < 4.78 is 5.34. The smallest absolute Gasteiger partial charge is 0.271 e. The fourth-order valence-electron chi connectivity index (χ4n) is 1.51. The molecule has 0 aliphatic heterocycles. The van der Waals surface area contributed by atoms with Crippen molar-refractivity contribution in [1.29, 1.82) is 0 Å². The molecule has 0 radical (unpaired) electrons. The van der Waals surface area contributed by atoms with Crippen LogP contribution in [0.1, 0.15) is 12.0 Å². The van der Waals surface area contributed by atoms with Gasteiger partial charge in [0.15, 0.2) is 0 Å². The summed E-state index contributed by atoms with van der Waals surface area (Å²) in [6.45, 7) is 7.27. The second kappa shape index (κ2) is 7.45. The standard InChI is InChI=1S/C13H18N2O3/c1-3-4-6-18-7-5-14-12-8-11(2)9-13(10-12)15(16)17/h3,8-10,14H,1,4-7H2,2H3. The summed E-state index contributed by atoms with van der Waals surface area (Å²) in [6, 6.07) is 4.94. The molecule has 0 saturated heterocycles. The predicted molar refractivity (Wildman–Crippen MR) is 72.0 cm³/mol. The number of non-ortho nitro benzene ring substituents is 1. The first-order valence-electron chi connectivity index (χ1n) is 5.82. The molecule has 0 aliphatic rings. The number of nitrogens with one attached hydrogen (secondary N) is 1. The number of nitro groups is 1. The molecular formula is C13H18N2O3. The Bertz CT molecular complexity index is 419. The van der Waals surface area contributed by atoms with Crippen LogP contribution in [0.15, 0.2) is 30.9 Å². The maximum absolute atomic E-state index is 10.7. The highest BCUT2D eigenvalue weighted by Crippen LogP contribution is 2.20. The molecule has 18 heavy (non-hydrogen) atoms. The first-order chi connectivity index (χ1) is 8.63. The predicted octanol–water partition coefficient (Wildman–Crippen LogP) is 2.91. The molecule has 1 aromatic rings. The van der Waals surface area contributed by atoms with Crippen molar-refractivity contribution >= 4 is 11.4 Å². The van der Waals surface area contributed by atoms with Gasteiger partial charge < -0.3 is 10.1 Å². The molecule has 0 aliphatic carbocycles. The van der Waals surface area contributed by atoms with E-state index in [4.69, 9.17) is 4.74 Å². The van der Waals surface area contributed by atoms with Crippen molar-refractivity contribution in [2.75, 3.05) is 25.1 Å². The van der Waals surface area contributed by atoms with Gasteiger partial charge >= 0.3 is 0 Å². The van der Waals surface area contributed by atoms with Gasteiger partial charge in [-0.1, -0.05) is 6.08 Å². The highest BCUT2D eigenvalue weighted by Gasteiger charge is 2.07. The van der Waals surface area contributed by atoms with E-state index in [1.807, 2.05) is 13.0 Å². The zero-order valence-corrected chi connectivity index (χ0v) is 10.5. The lowest BCUT2D eigenvalue weighted by molar-refractivity contribution is -0.384. The molecule has 0 amide bonds. The topological polar surface area (TPSA) is 64.4 Å². The number of ether oxygens (including phenoxy) is 1. The fourth-order valence-corrected chi connectivity index (χ4v) is 1.51. The van der Waals surface area contributed by atoms with Gasteiger partial charge in [0.05, 0.1) is 18.1 Å². The molecule has 0 saturated carbocycles. The van der Waals surface area contributed by atoms with Gasteiger partial charge in [-0.25, -0.2) is 0 Å². The minimum Gasteiger partial charge on any atom is -0.383 e. The number of rotatable bonds is 8. The van der Waals surface area contributed by atoms with Crippen LogP contribution in [0.3, 0.4) is 0 Å². The third-order valence-electron chi connectivity index (χ3n) is 2.31. The third kappa shape index (κ3) is 4.97. The highest BCUT2D eigenvalue weighted by molar-refractivity contribution is 5.53. The van der Waals surface area contributed by atoms with Gasteiger partial charge in [0.25, 0.3) is 5.69 Å². The van der Waals surface area contributed by atoms with Crippen molar-refractivity contribution in [2.24, 2.45) is 0 Å². The molecule has 0 atom stereocenters. The van der Waals surface area contributed by atoms with Crippen LogP contribution in [-0.4, -0.2) is 24.7 Å². The van der Waals surface area contributed by atoms with E-state index in [-0.39, 0.29) is 5.69 Å². The SMILES string of the molecule is C=CCCOCCNc1cc(C)cc([N+](=O)[O-])c1. The van der Waals surface area contributed by atoms with Crippen molar-refractivity contribution in [3.8, 4) is 0 Å². The first kappa shape index (κ1) is 14.2. The normalized spacial score (nSPS) is 10.1. The van der Waals surface area contributed by atoms with E-state index in [2.05, 4.69) is 11.9 Å². The minimum atomic E-state index is -0.390.